The van der Waals surface area contributed by atoms with Gasteiger partial charge >= 0.3 is 10.1 Å². The number of aromatic nitrogens is 2. The minimum absolute atomic E-state index is 0.0505. The van der Waals surface area contributed by atoms with Gasteiger partial charge in [-0.05, 0) is 0 Å². The molecule has 0 aliphatic heterocycles. The van der Waals surface area contributed by atoms with E-state index in [4.69, 9.17) is 11.1 Å². The van der Waals surface area contributed by atoms with Gasteiger partial charge in [0, 0.05) is 6.20 Å². The van der Waals surface area contributed by atoms with Crippen LogP contribution in [-0.2, 0) is 10.1 Å². The summed E-state index contributed by atoms with van der Waals surface area (Å²) >= 11 is 0. The van der Waals surface area contributed by atoms with Crippen molar-refractivity contribution in [3.63, 3.8) is 0 Å². The average molecular weight is 204 g/mol. The first-order valence-corrected chi connectivity index (χ1v) is 4.99. The van der Waals surface area contributed by atoms with E-state index in [9.17, 15) is 8.42 Å². The van der Waals surface area contributed by atoms with E-state index in [2.05, 4.69) is 9.27 Å². The highest BCUT2D eigenvalue weighted by Crippen LogP contribution is 1.94. The number of amidine groups is 1. The van der Waals surface area contributed by atoms with Crippen LogP contribution in [0.2, 0.25) is 0 Å². The third-order valence-electron chi connectivity index (χ3n) is 1.06. The monoisotopic (exact) mass is 204 g/mol. The number of nitrogens with zero attached hydrogens (tertiary/aromatic N) is 2. The minimum atomic E-state index is -3.63. The molecule has 0 aromatic carbocycles. The van der Waals surface area contributed by atoms with Crippen LogP contribution >= 0.6 is 0 Å². The van der Waals surface area contributed by atoms with Gasteiger partial charge in [-0.15, -0.1) is 4.73 Å². The zero-order valence-electron chi connectivity index (χ0n) is 6.76. The van der Waals surface area contributed by atoms with Gasteiger partial charge in [0.1, 0.15) is 0 Å². The fraction of sp³-hybridized carbons (Fsp3) is 0.200. The summed E-state index contributed by atoms with van der Waals surface area (Å²) in [4.78, 5) is 3.62. The number of rotatable bonds is 3. The molecule has 0 saturated heterocycles. The molecular weight excluding hydrogens is 196 g/mol. The Balaban J connectivity index is 3.02. The molecule has 1 heterocycles. The molecule has 0 unspecified atom stereocenters. The van der Waals surface area contributed by atoms with Crippen molar-refractivity contribution in [3.05, 3.63) is 18.2 Å². The summed E-state index contributed by atoms with van der Waals surface area (Å²) in [5.41, 5.74) is 5.10. The van der Waals surface area contributed by atoms with Crippen LogP contribution in [0.15, 0.2) is 12.4 Å². The molecule has 13 heavy (non-hydrogen) atoms. The SMILES string of the molecule is CS(=O)(=O)On1ccnc1C(=N)N. The van der Waals surface area contributed by atoms with Crippen molar-refractivity contribution in [1.29, 1.82) is 5.41 Å². The first-order valence-electron chi connectivity index (χ1n) is 3.18. The minimum Gasteiger partial charge on any atom is -0.381 e. The molecule has 1 aromatic rings. The van der Waals surface area contributed by atoms with Crippen molar-refractivity contribution in [2.45, 2.75) is 0 Å². The summed E-state index contributed by atoms with van der Waals surface area (Å²) in [6, 6.07) is 0. The summed E-state index contributed by atoms with van der Waals surface area (Å²) in [6.45, 7) is 0. The molecule has 0 radical (unpaired) electrons. The topological polar surface area (TPSA) is 111 Å². The van der Waals surface area contributed by atoms with Gasteiger partial charge < -0.3 is 5.73 Å². The van der Waals surface area contributed by atoms with Crippen molar-refractivity contribution in [2.24, 2.45) is 5.73 Å². The number of imidazole rings is 1. The second-order valence-corrected chi connectivity index (χ2v) is 3.83. The zero-order valence-corrected chi connectivity index (χ0v) is 7.58. The van der Waals surface area contributed by atoms with E-state index in [0.29, 0.717) is 0 Å². The molecule has 1 aromatic heterocycles. The van der Waals surface area contributed by atoms with E-state index in [1.807, 2.05) is 0 Å². The molecule has 0 amide bonds. The number of nitrogen functional groups attached to an aromatic ring is 1. The molecule has 0 bridgehead atoms. The number of hydrogen-bond donors (Lipinski definition) is 2. The average Bonchev–Trinajstić information content (AvgIpc) is 2.31. The third kappa shape index (κ3) is 2.44. The molecule has 0 atom stereocenters. The lowest BCUT2D eigenvalue weighted by molar-refractivity contribution is 0.279. The van der Waals surface area contributed by atoms with E-state index < -0.39 is 10.1 Å². The number of nitrogens with two attached hydrogens (primary N) is 1. The standard InChI is InChI=1S/C5H8N4O3S/c1-13(10,11)12-9-3-2-8-5(9)4(6)7/h2-3H,1H3,(H3,6,7). The maximum Gasteiger partial charge on any atom is 0.324 e. The zero-order chi connectivity index (χ0) is 10.1. The van der Waals surface area contributed by atoms with E-state index >= 15 is 0 Å². The van der Waals surface area contributed by atoms with Crippen LogP contribution in [-0.4, -0.2) is 30.2 Å². The normalized spacial score (nSPS) is 11.2. The molecule has 0 saturated carbocycles. The summed E-state index contributed by atoms with van der Waals surface area (Å²) in [5, 5.41) is 7.02. The van der Waals surface area contributed by atoms with Crippen LogP contribution in [0.1, 0.15) is 5.82 Å². The summed E-state index contributed by atoms with van der Waals surface area (Å²) in [5.74, 6) is -0.418. The van der Waals surface area contributed by atoms with Gasteiger partial charge in [-0.3, -0.25) is 9.69 Å². The van der Waals surface area contributed by atoms with Crippen molar-refractivity contribution in [2.75, 3.05) is 6.26 Å². The molecular formula is C5H8N4O3S. The van der Waals surface area contributed by atoms with Crippen LogP contribution in [0.25, 0.3) is 0 Å². The first-order chi connectivity index (χ1) is 5.90. The third-order valence-corrected chi connectivity index (χ3v) is 1.50. The van der Waals surface area contributed by atoms with Gasteiger partial charge in [0.15, 0.2) is 5.84 Å². The van der Waals surface area contributed by atoms with Crippen molar-refractivity contribution < 1.29 is 12.7 Å². The molecule has 0 aliphatic carbocycles. The smallest absolute Gasteiger partial charge is 0.324 e. The highest BCUT2D eigenvalue weighted by atomic mass is 32.2. The molecule has 0 spiro atoms. The Bertz CT molecular complexity index is 421. The van der Waals surface area contributed by atoms with Crippen LogP contribution in [0.4, 0.5) is 0 Å². The van der Waals surface area contributed by atoms with Crippen LogP contribution in [0, 0.1) is 5.41 Å². The van der Waals surface area contributed by atoms with Crippen LogP contribution < -0.4 is 10.0 Å². The Morgan fingerprint density at radius 2 is 2.38 bits per heavy atom. The van der Waals surface area contributed by atoms with E-state index in [1.165, 1.54) is 12.4 Å². The Labute approximate surface area is 74.7 Å². The van der Waals surface area contributed by atoms with E-state index in [1.54, 1.807) is 0 Å². The van der Waals surface area contributed by atoms with Gasteiger partial charge in [0.05, 0.1) is 12.5 Å². The van der Waals surface area contributed by atoms with Crippen molar-refractivity contribution in [3.8, 4) is 0 Å². The molecule has 0 aliphatic rings. The second-order valence-electron chi connectivity index (χ2n) is 2.27. The van der Waals surface area contributed by atoms with E-state index in [-0.39, 0.29) is 11.7 Å². The second kappa shape index (κ2) is 3.05. The van der Waals surface area contributed by atoms with E-state index in [0.717, 1.165) is 11.0 Å². The highest BCUT2D eigenvalue weighted by molar-refractivity contribution is 7.86. The van der Waals surface area contributed by atoms with Crippen LogP contribution in [0.5, 0.6) is 0 Å². The lowest BCUT2D eigenvalue weighted by Crippen LogP contribution is -2.25. The molecule has 72 valence electrons. The fourth-order valence-electron chi connectivity index (χ4n) is 0.686. The van der Waals surface area contributed by atoms with Crippen LogP contribution in [0.3, 0.4) is 0 Å². The molecule has 7 nitrogen and oxygen atoms in total. The largest absolute Gasteiger partial charge is 0.381 e. The summed E-state index contributed by atoms with van der Waals surface area (Å²) < 4.78 is 26.6. The number of hydrogen-bond acceptors (Lipinski definition) is 5. The Hall–Kier alpha value is -1.57. The highest BCUT2D eigenvalue weighted by Gasteiger charge is 2.10. The van der Waals surface area contributed by atoms with Gasteiger partial charge in [-0.2, -0.15) is 8.42 Å². The molecule has 8 heteroatoms. The number of nitrogens with one attached hydrogen (secondary N) is 1. The quantitative estimate of drug-likeness (QED) is 0.462. The Morgan fingerprint density at radius 3 is 2.85 bits per heavy atom. The van der Waals surface area contributed by atoms with Gasteiger partial charge in [0.2, 0.25) is 5.82 Å². The molecule has 0 fully saturated rings. The maximum atomic E-state index is 10.7. The predicted molar refractivity (Wildman–Crippen MR) is 44.7 cm³/mol. The van der Waals surface area contributed by atoms with Gasteiger partial charge in [0.25, 0.3) is 0 Å². The van der Waals surface area contributed by atoms with Gasteiger partial charge in [-0.25, -0.2) is 4.98 Å². The van der Waals surface area contributed by atoms with Crippen molar-refractivity contribution >= 4 is 16.0 Å². The Kier molecular flexibility index (Phi) is 2.24. The fourth-order valence-corrected chi connectivity index (χ4v) is 1.10. The molecule has 3 N–H and O–H groups in total. The summed E-state index contributed by atoms with van der Waals surface area (Å²) in [7, 11) is -3.63. The lowest BCUT2D eigenvalue weighted by atomic mass is 10.6. The molecule has 1 rings (SSSR count). The summed E-state index contributed by atoms with van der Waals surface area (Å²) in [6.07, 6.45) is 3.41. The predicted octanol–water partition coefficient (Wildman–Crippen LogP) is -1.44. The lowest BCUT2D eigenvalue weighted by Gasteiger charge is -2.04. The maximum absolute atomic E-state index is 10.7. The Morgan fingerprint density at radius 1 is 1.77 bits per heavy atom. The first kappa shape index (κ1) is 9.52. The van der Waals surface area contributed by atoms with Crippen molar-refractivity contribution in [1.82, 2.24) is 9.71 Å². The van der Waals surface area contributed by atoms with Gasteiger partial charge in [-0.1, -0.05) is 0 Å².